The van der Waals surface area contributed by atoms with Crippen molar-refractivity contribution >= 4 is 27.8 Å². The lowest BCUT2D eigenvalue weighted by Crippen LogP contribution is -2.34. The first-order valence-electron chi connectivity index (χ1n) is 6.60. The van der Waals surface area contributed by atoms with Gasteiger partial charge in [-0.25, -0.2) is 4.79 Å². The largest absolute Gasteiger partial charge is 0.507 e. The summed E-state index contributed by atoms with van der Waals surface area (Å²) in [6, 6.07) is 4.40. The van der Waals surface area contributed by atoms with Crippen molar-refractivity contribution in [3.05, 3.63) is 28.2 Å². The quantitative estimate of drug-likeness (QED) is 0.782. The molecule has 1 aromatic carbocycles. The molecule has 21 heavy (non-hydrogen) atoms. The summed E-state index contributed by atoms with van der Waals surface area (Å²) in [7, 11) is 0. The molecule has 1 aliphatic rings. The van der Waals surface area contributed by atoms with Crippen LogP contribution in [0.5, 0.6) is 5.75 Å². The highest BCUT2D eigenvalue weighted by Crippen LogP contribution is 2.22. The fourth-order valence-corrected chi connectivity index (χ4v) is 2.33. The molecule has 0 radical (unpaired) electrons. The van der Waals surface area contributed by atoms with Gasteiger partial charge in [0.2, 0.25) is 0 Å². The van der Waals surface area contributed by atoms with Crippen LogP contribution in [0.25, 0.3) is 0 Å². The molecule has 1 aromatic rings. The Morgan fingerprint density at radius 2 is 2.29 bits per heavy atom. The number of rotatable bonds is 5. The molecule has 6 nitrogen and oxygen atoms in total. The van der Waals surface area contributed by atoms with Gasteiger partial charge in [-0.3, -0.25) is 4.79 Å². The van der Waals surface area contributed by atoms with Crippen molar-refractivity contribution in [2.45, 2.75) is 18.9 Å². The first-order valence-corrected chi connectivity index (χ1v) is 7.39. The summed E-state index contributed by atoms with van der Waals surface area (Å²) in [6.45, 7) is 0.744. The number of phenols is 1. The van der Waals surface area contributed by atoms with Crippen LogP contribution in [0, 0.1) is 0 Å². The van der Waals surface area contributed by atoms with Crippen molar-refractivity contribution < 1.29 is 24.2 Å². The third-order valence-corrected chi connectivity index (χ3v) is 3.56. The lowest BCUT2D eigenvalue weighted by atomic mass is 10.2. The second-order valence-corrected chi connectivity index (χ2v) is 5.59. The Balaban J connectivity index is 1.77. The average molecular weight is 358 g/mol. The number of esters is 1. The molecule has 0 aliphatic carbocycles. The minimum Gasteiger partial charge on any atom is -0.507 e. The van der Waals surface area contributed by atoms with Crippen molar-refractivity contribution in [2.75, 3.05) is 19.8 Å². The summed E-state index contributed by atoms with van der Waals surface area (Å²) >= 11 is 3.20. The number of hydrogen-bond donors (Lipinski definition) is 2. The number of carbonyl (C=O) groups is 2. The standard InChI is InChI=1S/C14H16BrNO5/c15-9-3-4-12(17)11(6-9)14(19)21-8-13(18)16-7-10-2-1-5-20-10/h3-4,6,10,17H,1-2,5,7-8H2,(H,16,18)/t10-/m0/s1. The summed E-state index contributed by atoms with van der Waals surface area (Å²) in [5.41, 5.74) is 0.0105. The molecule has 0 bridgehead atoms. The molecule has 2 N–H and O–H groups in total. The van der Waals surface area contributed by atoms with Crippen LogP contribution >= 0.6 is 15.9 Å². The van der Waals surface area contributed by atoms with Crippen molar-refractivity contribution in [1.29, 1.82) is 0 Å². The molecule has 2 rings (SSSR count). The van der Waals surface area contributed by atoms with Crippen LogP contribution in [0.4, 0.5) is 0 Å². The second-order valence-electron chi connectivity index (χ2n) is 4.68. The van der Waals surface area contributed by atoms with Gasteiger partial charge >= 0.3 is 5.97 Å². The molecule has 7 heteroatoms. The van der Waals surface area contributed by atoms with Crippen LogP contribution in [0.15, 0.2) is 22.7 Å². The van der Waals surface area contributed by atoms with Gasteiger partial charge < -0.3 is 19.9 Å². The minimum absolute atomic E-state index is 0.0105. The third kappa shape index (κ3) is 4.71. The summed E-state index contributed by atoms with van der Waals surface area (Å²) in [6.07, 6.45) is 1.96. The highest BCUT2D eigenvalue weighted by atomic mass is 79.9. The Labute approximate surface area is 130 Å². The second kappa shape index (κ2) is 7.42. The van der Waals surface area contributed by atoms with Gasteiger partial charge in [-0.2, -0.15) is 0 Å². The van der Waals surface area contributed by atoms with Crippen LogP contribution < -0.4 is 5.32 Å². The summed E-state index contributed by atoms with van der Waals surface area (Å²) in [5, 5.41) is 12.2. The normalized spacial score (nSPS) is 17.5. The number of phenolic OH excluding ortho intramolecular Hbond substituents is 1. The number of halogens is 1. The zero-order valence-electron chi connectivity index (χ0n) is 11.3. The predicted octanol–water partition coefficient (Wildman–Crippen LogP) is 1.61. The topological polar surface area (TPSA) is 84.9 Å². The highest BCUT2D eigenvalue weighted by molar-refractivity contribution is 9.10. The van der Waals surface area contributed by atoms with Crippen LogP contribution in [0.2, 0.25) is 0 Å². The number of amides is 1. The van der Waals surface area contributed by atoms with Crippen LogP contribution in [-0.4, -0.2) is 42.8 Å². The fraction of sp³-hybridized carbons (Fsp3) is 0.429. The number of aromatic hydroxyl groups is 1. The number of ether oxygens (including phenoxy) is 2. The molecule has 1 aliphatic heterocycles. The Morgan fingerprint density at radius 3 is 3.00 bits per heavy atom. The molecular formula is C14H16BrNO5. The maximum atomic E-state index is 11.8. The molecule has 0 spiro atoms. The van der Waals surface area contributed by atoms with E-state index in [9.17, 15) is 14.7 Å². The zero-order chi connectivity index (χ0) is 15.2. The van der Waals surface area contributed by atoms with E-state index in [0.29, 0.717) is 11.0 Å². The van der Waals surface area contributed by atoms with E-state index in [1.54, 1.807) is 6.07 Å². The van der Waals surface area contributed by atoms with Crippen LogP contribution in [0.1, 0.15) is 23.2 Å². The van der Waals surface area contributed by atoms with Crippen LogP contribution in [0.3, 0.4) is 0 Å². The fourth-order valence-electron chi connectivity index (χ4n) is 1.96. The Kier molecular flexibility index (Phi) is 5.58. The zero-order valence-corrected chi connectivity index (χ0v) is 12.9. The Hall–Kier alpha value is -1.60. The van der Waals surface area contributed by atoms with Gasteiger partial charge in [-0.1, -0.05) is 15.9 Å². The Morgan fingerprint density at radius 1 is 1.48 bits per heavy atom. The smallest absolute Gasteiger partial charge is 0.342 e. The first-order chi connectivity index (χ1) is 10.1. The van der Waals surface area contributed by atoms with Crippen LogP contribution in [-0.2, 0) is 14.3 Å². The molecule has 0 saturated carbocycles. The predicted molar refractivity (Wildman–Crippen MR) is 78.1 cm³/mol. The molecule has 114 valence electrons. The molecular weight excluding hydrogens is 342 g/mol. The summed E-state index contributed by atoms with van der Waals surface area (Å²) in [5.74, 6) is -1.34. The van der Waals surface area contributed by atoms with Gasteiger partial charge in [-0.15, -0.1) is 0 Å². The number of benzene rings is 1. The average Bonchev–Trinajstić information content (AvgIpc) is 2.98. The van der Waals surface area contributed by atoms with Crippen molar-refractivity contribution in [2.24, 2.45) is 0 Å². The Bertz CT molecular complexity index is 528. The van der Waals surface area contributed by atoms with Gasteiger partial charge in [0.15, 0.2) is 6.61 Å². The lowest BCUT2D eigenvalue weighted by molar-refractivity contribution is -0.124. The minimum atomic E-state index is -0.749. The third-order valence-electron chi connectivity index (χ3n) is 3.06. The summed E-state index contributed by atoms with van der Waals surface area (Å²) in [4.78, 5) is 23.3. The summed E-state index contributed by atoms with van der Waals surface area (Å²) < 4.78 is 10.9. The molecule has 0 aromatic heterocycles. The number of carbonyl (C=O) groups excluding carboxylic acids is 2. The first kappa shape index (κ1) is 15.8. The van der Waals surface area contributed by atoms with Crippen molar-refractivity contribution in [1.82, 2.24) is 5.32 Å². The molecule has 1 fully saturated rings. The lowest BCUT2D eigenvalue weighted by Gasteiger charge is -2.11. The van der Waals surface area contributed by atoms with Crippen molar-refractivity contribution in [3.63, 3.8) is 0 Å². The van der Waals surface area contributed by atoms with E-state index in [2.05, 4.69) is 21.2 Å². The maximum absolute atomic E-state index is 11.8. The monoisotopic (exact) mass is 357 g/mol. The van der Waals surface area contributed by atoms with E-state index in [4.69, 9.17) is 9.47 Å². The molecule has 1 amide bonds. The van der Waals surface area contributed by atoms with Gasteiger partial charge in [0.05, 0.1) is 6.10 Å². The van der Waals surface area contributed by atoms with E-state index in [-0.39, 0.29) is 17.4 Å². The SMILES string of the molecule is O=C(COC(=O)c1cc(Br)ccc1O)NC[C@@H]1CCCO1. The van der Waals surface area contributed by atoms with E-state index in [1.165, 1.54) is 12.1 Å². The highest BCUT2D eigenvalue weighted by Gasteiger charge is 2.18. The van der Waals surface area contributed by atoms with E-state index in [1.807, 2.05) is 0 Å². The van der Waals surface area contributed by atoms with Gasteiger partial charge in [0.25, 0.3) is 5.91 Å². The number of nitrogens with one attached hydrogen (secondary N) is 1. The molecule has 1 saturated heterocycles. The van der Waals surface area contributed by atoms with E-state index in [0.717, 1.165) is 19.4 Å². The van der Waals surface area contributed by atoms with Gasteiger partial charge in [0, 0.05) is 17.6 Å². The number of hydrogen-bond acceptors (Lipinski definition) is 5. The van der Waals surface area contributed by atoms with Gasteiger partial charge in [0.1, 0.15) is 11.3 Å². The molecule has 0 unspecified atom stereocenters. The molecule has 1 atom stereocenters. The van der Waals surface area contributed by atoms with E-state index >= 15 is 0 Å². The van der Waals surface area contributed by atoms with Crippen molar-refractivity contribution in [3.8, 4) is 5.75 Å². The van der Waals surface area contributed by atoms with Gasteiger partial charge in [-0.05, 0) is 31.0 Å². The maximum Gasteiger partial charge on any atom is 0.342 e. The molecule has 1 heterocycles. The van der Waals surface area contributed by atoms with E-state index < -0.39 is 18.5 Å².